The Bertz CT molecular complexity index is 1250. The number of nitrogens with one attached hydrogen (secondary N) is 1. The molecule has 0 spiro atoms. The number of anilines is 1. The lowest BCUT2D eigenvalue weighted by Crippen LogP contribution is -2.16. The van der Waals surface area contributed by atoms with Crippen LogP contribution in [0.2, 0.25) is 0 Å². The lowest BCUT2D eigenvalue weighted by atomic mass is 9.97. The molecule has 5 nitrogen and oxygen atoms in total. The molecule has 5 heteroatoms. The second kappa shape index (κ2) is 7.23. The van der Waals surface area contributed by atoms with Gasteiger partial charge in [0.1, 0.15) is 11.8 Å². The second-order valence-corrected chi connectivity index (χ2v) is 7.89. The fourth-order valence-electron chi connectivity index (χ4n) is 3.93. The van der Waals surface area contributed by atoms with Crippen molar-refractivity contribution in [2.75, 3.05) is 5.32 Å². The summed E-state index contributed by atoms with van der Waals surface area (Å²) in [6, 6.07) is 18.3. The number of carbonyl (C=O) groups is 1. The minimum atomic E-state index is -0.288. The molecule has 5 rings (SSSR count). The number of benzene rings is 2. The van der Waals surface area contributed by atoms with Crippen molar-refractivity contribution in [1.82, 2.24) is 4.98 Å². The van der Waals surface area contributed by atoms with Crippen LogP contribution in [-0.2, 0) is 6.54 Å². The van der Waals surface area contributed by atoms with Crippen LogP contribution < -0.4 is 5.32 Å². The Balaban J connectivity index is 1.41. The van der Waals surface area contributed by atoms with Gasteiger partial charge in [0.25, 0.3) is 5.91 Å². The number of aryl methyl sites for hydroxylation is 1. The van der Waals surface area contributed by atoms with Crippen molar-refractivity contribution in [3.63, 3.8) is 0 Å². The highest BCUT2D eigenvalue weighted by atomic mass is 16.1. The van der Waals surface area contributed by atoms with Crippen LogP contribution >= 0.6 is 0 Å². The SMILES string of the molecule is Cc1cc(C#N)cnc1C(=O)Nc1ccc2c(c1)C(c1cccc(C3CC3)c1)=NC2. The summed E-state index contributed by atoms with van der Waals surface area (Å²) in [7, 11) is 0. The number of rotatable bonds is 4. The summed E-state index contributed by atoms with van der Waals surface area (Å²) in [5.74, 6) is 0.407. The Morgan fingerprint density at radius 2 is 2.03 bits per heavy atom. The van der Waals surface area contributed by atoms with E-state index in [4.69, 9.17) is 10.3 Å². The molecular weight excluding hydrogens is 372 g/mol. The van der Waals surface area contributed by atoms with Gasteiger partial charge in [-0.1, -0.05) is 24.3 Å². The van der Waals surface area contributed by atoms with Crippen LogP contribution in [0.4, 0.5) is 5.69 Å². The highest BCUT2D eigenvalue weighted by Gasteiger charge is 2.25. The zero-order chi connectivity index (χ0) is 20.7. The van der Waals surface area contributed by atoms with Crippen LogP contribution in [0, 0.1) is 18.3 Å². The number of amides is 1. The standard InChI is InChI=1S/C25H20N4O/c1-15-9-16(12-26)13-27-23(15)25(30)29-21-8-7-20-14-28-24(22(20)11-21)19-4-2-3-18(10-19)17-5-6-17/h2-4,7-11,13,17H,5-6,14H2,1H3,(H,29,30). The number of nitrogens with zero attached hydrogens (tertiary/aromatic N) is 3. The first-order valence-electron chi connectivity index (χ1n) is 10.1. The molecule has 0 bridgehead atoms. The van der Waals surface area contributed by atoms with Crippen LogP contribution in [0.5, 0.6) is 0 Å². The average Bonchev–Trinajstić information content (AvgIpc) is 3.53. The van der Waals surface area contributed by atoms with Crippen LogP contribution in [-0.4, -0.2) is 16.6 Å². The number of aromatic nitrogens is 1. The highest BCUT2D eigenvalue weighted by molar-refractivity contribution is 6.16. The molecule has 0 unspecified atom stereocenters. The molecular formula is C25H20N4O. The van der Waals surface area contributed by atoms with Crippen LogP contribution in [0.3, 0.4) is 0 Å². The molecule has 1 fully saturated rings. The van der Waals surface area contributed by atoms with Crippen LogP contribution in [0.25, 0.3) is 0 Å². The first-order valence-corrected chi connectivity index (χ1v) is 10.1. The number of fused-ring (bicyclic) bond motifs is 1. The van der Waals surface area contributed by atoms with Gasteiger partial charge in [0.2, 0.25) is 0 Å². The van der Waals surface area contributed by atoms with E-state index in [2.05, 4.69) is 34.6 Å². The zero-order valence-electron chi connectivity index (χ0n) is 16.6. The van der Waals surface area contributed by atoms with Crippen molar-refractivity contribution >= 4 is 17.3 Å². The third kappa shape index (κ3) is 3.37. The Morgan fingerprint density at radius 1 is 1.17 bits per heavy atom. The van der Waals surface area contributed by atoms with E-state index in [0.29, 0.717) is 35.0 Å². The van der Waals surface area contributed by atoms with Crippen molar-refractivity contribution in [3.8, 4) is 6.07 Å². The number of hydrogen-bond donors (Lipinski definition) is 1. The van der Waals surface area contributed by atoms with Gasteiger partial charge in [-0.25, -0.2) is 4.98 Å². The van der Waals surface area contributed by atoms with Crippen LogP contribution in [0.15, 0.2) is 59.7 Å². The minimum absolute atomic E-state index is 0.288. The molecule has 146 valence electrons. The van der Waals surface area contributed by atoms with Crippen LogP contribution in [0.1, 0.15) is 62.6 Å². The monoisotopic (exact) mass is 392 g/mol. The fraction of sp³-hybridized carbons (Fsp3) is 0.200. The van der Waals surface area contributed by atoms with Gasteiger partial charge in [0, 0.05) is 23.0 Å². The summed E-state index contributed by atoms with van der Waals surface area (Å²) < 4.78 is 0. The van der Waals surface area contributed by atoms with Gasteiger partial charge in [0.05, 0.1) is 17.8 Å². The lowest BCUT2D eigenvalue weighted by Gasteiger charge is -2.11. The van der Waals surface area contributed by atoms with Gasteiger partial charge in [-0.15, -0.1) is 0 Å². The molecule has 1 aliphatic carbocycles. The van der Waals surface area contributed by atoms with Gasteiger partial charge in [-0.2, -0.15) is 5.26 Å². The molecule has 2 aliphatic rings. The minimum Gasteiger partial charge on any atom is -0.321 e. The topological polar surface area (TPSA) is 78.1 Å². The molecule has 1 aliphatic heterocycles. The number of hydrogen-bond acceptors (Lipinski definition) is 4. The molecule has 1 aromatic heterocycles. The first kappa shape index (κ1) is 18.3. The van der Waals surface area contributed by atoms with E-state index in [1.807, 2.05) is 24.3 Å². The van der Waals surface area contributed by atoms with E-state index in [-0.39, 0.29) is 5.91 Å². The molecule has 30 heavy (non-hydrogen) atoms. The van der Waals surface area contributed by atoms with E-state index in [1.165, 1.54) is 24.6 Å². The predicted octanol–water partition coefficient (Wildman–Crippen LogP) is 4.74. The zero-order valence-corrected chi connectivity index (χ0v) is 16.6. The third-order valence-corrected chi connectivity index (χ3v) is 5.66. The molecule has 0 saturated heterocycles. The van der Waals surface area contributed by atoms with Crippen molar-refractivity contribution in [3.05, 3.63) is 93.8 Å². The summed E-state index contributed by atoms with van der Waals surface area (Å²) in [5.41, 5.74) is 7.86. The Labute approximate surface area is 175 Å². The first-order chi connectivity index (χ1) is 14.6. The smallest absolute Gasteiger partial charge is 0.274 e. The van der Waals surface area contributed by atoms with Crippen molar-refractivity contribution in [2.24, 2.45) is 4.99 Å². The summed E-state index contributed by atoms with van der Waals surface area (Å²) in [6.45, 7) is 2.44. The highest BCUT2D eigenvalue weighted by Crippen LogP contribution is 2.40. The molecule has 3 aromatic rings. The fourth-order valence-corrected chi connectivity index (χ4v) is 3.93. The normalized spacial score (nSPS) is 14.6. The number of nitriles is 1. The quantitative estimate of drug-likeness (QED) is 0.696. The Hall–Kier alpha value is -3.78. The predicted molar refractivity (Wildman–Crippen MR) is 116 cm³/mol. The van der Waals surface area contributed by atoms with Crippen molar-refractivity contribution < 1.29 is 4.79 Å². The maximum absolute atomic E-state index is 12.7. The van der Waals surface area contributed by atoms with Gasteiger partial charge < -0.3 is 5.32 Å². The molecule has 0 atom stereocenters. The van der Waals surface area contributed by atoms with Crippen molar-refractivity contribution in [1.29, 1.82) is 5.26 Å². The van der Waals surface area contributed by atoms with Crippen molar-refractivity contribution in [2.45, 2.75) is 32.2 Å². The molecule has 1 N–H and O–H groups in total. The van der Waals surface area contributed by atoms with Gasteiger partial charge in [0.15, 0.2) is 0 Å². The molecule has 2 aromatic carbocycles. The van der Waals surface area contributed by atoms with E-state index in [0.717, 1.165) is 22.4 Å². The lowest BCUT2D eigenvalue weighted by molar-refractivity contribution is 0.102. The summed E-state index contributed by atoms with van der Waals surface area (Å²) in [4.78, 5) is 21.6. The maximum Gasteiger partial charge on any atom is 0.274 e. The van der Waals surface area contributed by atoms with E-state index < -0.39 is 0 Å². The van der Waals surface area contributed by atoms with E-state index in [1.54, 1.807) is 13.0 Å². The second-order valence-electron chi connectivity index (χ2n) is 7.89. The summed E-state index contributed by atoms with van der Waals surface area (Å²) in [5, 5.41) is 11.9. The van der Waals surface area contributed by atoms with Gasteiger partial charge in [-0.05, 0) is 66.6 Å². The van der Waals surface area contributed by atoms with E-state index >= 15 is 0 Å². The van der Waals surface area contributed by atoms with Gasteiger partial charge in [-0.3, -0.25) is 9.79 Å². The Morgan fingerprint density at radius 3 is 2.80 bits per heavy atom. The number of pyridine rings is 1. The van der Waals surface area contributed by atoms with Gasteiger partial charge >= 0.3 is 0 Å². The Kier molecular flexibility index (Phi) is 4.40. The largest absolute Gasteiger partial charge is 0.321 e. The molecule has 0 radical (unpaired) electrons. The summed E-state index contributed by atoms with van der Waals surface area (Å²) in [6.07, 6.45) is 3.96. The summed E-state index contributed by atoms with van der Waals surface area (Å²) >= 11 is 0. The average molecular weight is 392 g/mol. The third-order valence-electron chi connectivity index (χ3n) is 5.66. The number of carbonyl (C=O) groups excluding carboxylic acids is 1. The maximum atomic E-state index is 12.7. The van der Waals surface area contributed by atoms with E-state index in [9.17, 15) is 4.79 Å². The molecule has 1 saturated carbocycles. The number of aliphatic imine (C=N–C) groups is 1. The molecule has 2 heterocycles. The molecule has 1 amide bonds.